The van der Waals surface area contributed by atoms with E-state index in [1.165, 1.54) is 22.9 Å². The number of carbonyl (C=O) groups is 1. The zero-order chi connectivity index (χ0) is 20.4. The smallest absolute Gasteiger partial charge is 0.266 e. The molecule has 0 N–H and O–H groups in total. The number of carbonyl (C=O) groups excluding carboxylic acids is 1. The number of likely N-dealkylation sites (N-methyl/N-ethyl adjacent to an activating group) is 1. The third kappa shape index (κ3) is 4.10. The van der Waals surface area contributed by atoms with Crippen molar-refractivity contribution in [3.8, 4) is 11.5 Å². The normalized spacial score (nSPS) is 16.9. The van der Waals surface area contributed by atoms with Crippen LogP contribution in [0.3, 0.4) is 0 Å². The highest BCUT2D eigenvalue weighted by Crippen LogP contribution is 2.38. The molecule has 1 saturated heterocycles. The van der Waals surface area contributed by atoms with Gasteiger partial charge in [0.05, 0.1) is 29.3 Å². The maximum Gasteiger partial charge on any atom is 0.266 e. The number of amides is 1. The third-order valence-corrected chi connectivity index (χ3v) is 6.19. The molecule has 5 nitrogen and oxygen atoms in total. The van der Waals surface area contributed by atoms with Gasteiger partial charge in [0.1, 0.15) is 11.5 Å². The lowest BCUT2D eigenvalue weighted by Crippen LogP contribution is -2.23. The fraction of sp³-hybridized carbons (Fsp3) is 0.238. The molecule has 28 heavy (non-hydrogen) atoms. The van der Waals surface area contributed by atoms with Crippen LogP contribution in [0.2, 0.25) is 0 Å². The highest BCUT2D eigenvalue weighted by atomic mass is 79.9. The molecular weight excluding hydrogens is 440 g/mol. The molecule has 1 aliphatic heterocycles. The van der Waals surface area contributed by atoms with Crippen LogP contribution in [0.25, 0.3) is 6.08 Å². The number of rotatable bonds is 4. The Labute approximate surface area is 177 Å². The average Bonchev–Trinajstić information content (AvgIpc) is 2.93. The van der Waals surface area contributed by atoms with E-state index in [9.17, 15) is 4.79 Å². The summed E-state index contributed by atoms with van der Waals surface area (Å²) in [5.74, 6) is 1.20. The molecule has 1 amide bonds. The van der Waals surface area contributed by atoms with E-state index in [4.69, 9.17) is 9.47 Å². The van der Waals surface area contributed by atoms with Crippen LogP contribution in [-0.2, 0) is 4.79 Å². The first kappa shape index (κ1) is 20.5. The predicted octanol–water partition coefficient (Wildman–Crippen LogP) is 5.32. The van der Waals surface area contributed by atoms with Gasteiger partial charge in [-0.1, -0.05) is 6.07 Å². The van der Waals surface area contributed by atoms with Crippen LogP contribution in [-0.4, -0.2) is 37.2 Å². The summed E-state index contributed by atoms with van der Waals surface area (Å²) in [5.41, 5.74) is 4.00. The number of hydrogen-bond donors (Lipinski definition) is 0. The fourth-order valence-electron chi connectivity index (χ4n) is 2.69. The van der Waals surface area contributed by atoms with Gasteiger partial charge in [-0.3, -0.25) is 9.69 Å². The topological polar surface area (TPSA) is 51.1 Å². The number of amidine groups is 1. The second-order valence-electron chi connectivity index (χ2n) is 6.37. The van der Waals surface area contributed by atoms with Gasteiger partial charge in [0.15, 0.2) is 5.17 Å². The van der Waals surface area contributed by atoms with Crippen LogP contribution in [0.15, 0.2) is 44.7 Å². The van der Waals surface area contributed by atoms with Gasteiger partial charge in [-0.05, 0) is 76.9 Å². The Morgan fingerprint density at radius 2 is 1.79 bits per heavy atom. The SMILES string of the molecule is COc1cc(OC)c(C=C2SC(=Nc3ccc(C)c(C)c3)N(C)C2=O)cc1Br. The van der Waals surface area contributed by atoms with E-state index in [-0.39, 0.29) is 5.91 Å². The number of hydrogen-bond acceptors (Lipinski definition) is 5. The van der Waals surface area contributed by atoms with Gasteiger partial charge < -0.3 is 9.47 Å². The lowest BCUT2D eigenvalue weighted by Gasteiger charge is -2.10. The van der Waals surface area contributed by atoms with Gasteiger partial charge in [-0.2, -0.15) is 0 Å². The Kier molecular flexibility index (Phi) is 6.15. The van der Waals surface area contributed by atoms with Crippen LogP contribution in [0.5, 0.6) is 11.5 Å². The summed E-state index contributed by atoms with van der Waals surface area (Å²) in [5, 5.41) is 0.644. The number of aliphatic imine (C=N–C) groups is 1. The van der Waals surface area contributed by atoms with Crippen molar-refractivity contribution >= 4 is 50.5 Å². The second kappa shape index (κ2) is 8.41. The number of aryl methyl sites for hydroxylation is 2. The van der Waals surface area contributed by atoms with Gasteiger partial charge in [0.2, 0.25) is 0 Å². The zero-order valence-corrected chi connectivity index (χ0v) is 18.8. The lowest BCUT2D eigenvalue weighted by molar-refractivity contribution is -0.121. The number of halogens is 1. The Balaban J connectivity index is 1.96. The number of thioether (sulfide) groups is 1. The minimum absolute atomic E-state index is 0.0958. The van der Waals surface area contributed by atoms with E-state index in [0.29, 0.717) is 21.6 Å². The van der Waals surface area contributed by atoms with Gasteiger partial charge >= 0.3 is 0 Å². The van der Waals surface area contributed by atoms with Gasteiger partial charge in [0, 0.05) is 18.7 Å². The molecule has 2 aromatic rings. The molecule has 3 rings (SSSR count). The number of ether oxygens (including phenoxy) is 2. The van der Waals surface area contributed by atoms with Gasteiger partial charge in [0.25, 0.3) is 5.91 Å². The average molecular weight is 461 g/mol. The first-order valence-electron chi connectivity index (χ1n) is 8.59. The number of benzene rings is 2. The molecule has 0 bridgehead atoms. The lowest BCUT2D eigenvalue weighted by atomic mass is 10.1. The van der Waals surface area contributed by atoms with Crippen LogP contribution in [0.4, 0.5) is 5.69 Å². The Bertz CT molecular complexity index is 1000. The minimum Gasteiger partial charge on any atom is -0.496 e. The van der Waals surface area contributed by atoms with Crippen molar-refractivity contribution in [3.05, 3.63) is 56.4 Å². The maximum atomic E-state index is 12.7. The van der Waals surface area contributed by atoms with Gasteiger partial charge in [-0.25, -0.2) is 4.99 Å². The van der Waals surface area contributed by atoms with Crippen molar-refractivity contribution < 1.29 is 14.3 Å². The Morgan fingerprint density at radius 1 is 1.07 bits per heavy atom. The van der Waals surface area contributed by atoms with Crippen LogP contribution < -0.4 is 9.47 Å². The Hall–Kier alpha value is -2.25. The molecule has 0 atom stereocenters. The maximum absolute atomic E-state index is 12.7. The zero-order valence-electron chi connectivity index (χ0n) is 16.4. The summed E-state index contributed by atoms with van der Waals surface area (Å²) in [7, 11) is 4.92. The molecule has 0 unspecified atom stereocenters. The largest absolute Gasteiger partial charge is 0.496 e. The molecule has 1 fully saturated rings. The molecule has 146 valence electrons. The summed E-state index contributed by atoms with van der Waals surface area (Å²) in [4.78, 5) is 19.5. The van der Waals surface area contributed by atoms with Crippen LogP contribution in [0, 0.1) is 13.8 Å². The summed E-state index contributed by atoms with van der Waals surface area (Å²) in [6.45, 7) is 4.11. The van der Waals surface area contributed by atoms with E-state index < -0.39 is 0 Å². The summed E-state index contributed by atoms with van der Waals surface area (Å²) in [6.07, 6.45) is 1.81. The Morgan fingerprint density at radius 3 is 2.43 bits per heavy atom. The second-order valence-corrected chi connectivity index (χ2v) is 8.23. The first-order chi connectivity index (χ1) is 13.3. The number of nitrogens with zero attached hydrogens (tertiary/aromatic N) is 2. The van der Waals surface area contributed by atoms with Crippen molar-refractivity contribution in [2.24, 2.45) is 4.99 Å². The molecule has 0 radical (unpaired) electrons. The standard InChI is InChI=1S/C21H21BrN2O3S/c1-12-6-7-15(8-13(12)2)23-21-24(3)20(25)19(28-21)10-14-9-16(22)18(27-5)11-17(14)26-4/h6-11H,1-5H3. The van der Waals surface area contributed by atoms with Crippen molar-refractivity contribution in [1.29, 1.82) is 0 Å². The molecule has 2 aromatic carbocycles. The number of methoxy groups -OCH3 is 2. The fourth-order valence-corrected chi connectivity index (χ4v) is 4.20. The van der Waals surface area contributed by atoms with E-state index in [1.54, 1.807) is 32.2 Å². The molecule has 0 aromatic heterocycles. The molecule has 1 aliphatic rings. The summed E-state index contributed by atoms with van der Waals surface area (Å²) >= 11 is 4.83. The summed E-state index contributed by atoms with van der Waals surface area (Å²) in [6, 6.07) is 9.67. The van der Waals surface area contributed by atoms with Gasteiger partial charge in [-0.15, -0.1) is 0 Å². The molecule has 1 heterocycles. The molecular formula is C21H21BrN2O3S. The van der Waals surface area contributed by atoms with E-state index in [1.807, 2.05) is 30.3 Å². The van der Waals surface area contributed by atoms with Crippen LogP contribution >= 0.6 is 27.7 Å². The molecule has 0 spiro atoms. The quantitative estimate of drug-likeness (QED) is 0.579. The third-order valence-electron chi connectivity index (χ3n) is 4.51. The van der Waals surface area contributed by atoms with Crippen molar-refractivity contribution in [1.82, 2.24) is 4.90 Å². The molecule has 0 saturated carbocycles. The highest BCUT2D eigenvalue weighted by Gasteiger charge is 2.30. The molecule has 7 heteroatoms. The highest BCUT2D eigenvalue weighted by molar-refractivity contribution is 9.10. The van der Waals surface area contributed by atoms with Crippen LogP contribution in [0.1, 0.15) is 16.7 Å². The van der Waals surface area contributed by atoms with Crippen molar-refractivity contribution in [2.75, 3.05) is 21.3 Å². The molecule has 0 aliphatic carbocycles. The van der Waals surface area contributed by atoms with E-state index in [0.717, 1.165) is 15.7 Å². The minimum atomic E-state index is -0.0958. The predicted molar refractivity (Wildman–Crippen MR) is 119 cm³/mol. The van der Waals surface area contributed by atoms with Crippen molar-refractivity contribution in [2.45, 2.75) is 13.8 Å². The van der Waals surface area contributed by atoms with E-state index in [2.05, 4.69) is 34.8 Å². The van der Waals surface area contributed by atoms with E-state index >= 15 is 0 Å². The first-order valence-corrected chi connectivity index (χ1v) is 10.2. The monoisotopic (exact) mass is 460 g/mol. The summed E-state index contributed by atoms with van der Waals surface area (Å²) < 4.78 is 11.5. The van der Waals surface area contributed by atoms with Crippen molar-refractivity contribution in [3.63, 3.8) is 0 Å².